The molecule has 1 heterocycles. The molecule has 7 heteroatoms. The van der Waals surface area contributed by atoms with E-state index in [1.54, 1.807) is 38.4 Å². The smallest absolute Gasteiger partial charge is 0.254 e. The lowest BCUT2D eigenvalue weighted by Gasteiger charge is -2.41. The minimum Gasteiger partial charge on any atom is -0.497 e. The second-order valence-corrected chi connectivity index (χ2v) is 8.00. The zero-order chi connectivity index (χ0) is 24.1. The molecule has 3 aromatic carbocycles. The Morgan fingerprint density at radius 1 is 0.912 bits per heavy atom. The maximum Gasteiger partial charge on any atom is 0.254 e. The zero-order valence-electron chi connectivity index (χ0n) is 19.5. The Morgan fingerprint density at radius 2 is 1.62 bits per heavy atom. The number of hydrogen-bond acceptors (Lipinski definition) is 5. The molecule has 0 aromatic heterocycles. The summed E-state index contributed by atoms with van der Waals surface area (Å²) in [6.45, 7) is 0.688. The molecule has 0 bridgehead atoms. The molecule has 0 saturated carbocycles. The number of rotatable bonds is 8. The second-order valence-electron chi connectivity index (χ2n) is 8.00. The number of fused-ring (bicyclic) bond motifs is 1. The fraction of sp³-hybridized carbons (Fsp3) is 0.259. The first-order chi connectivity index (χ1) is 16.6. The molecule has 1 aliphatic rings. The third-order valence-electron chi connectivity index (χ3n) is 6.03. The van der Waals surface area contributed by atoms with Gasteiger partial charge in [0, 0.05) is 31.0 Å². The molecule has 0 saturated heterocycles. The number of carbonyl (C=O) groups is 2. The van der Waals surface area contributed by atoms with Gasteiger partial charge >= 0.3 is 0 Å². The van der Waals surface area contributed by atoms with Crippen LogP contribution in [0.25, 0.3) is 0 Å². The summed E-state index contributed by atoms with van der Waals surface area (Å²) in [6, 6.07) is 21.4. The van der Waals surface area contributed by atoms with Crippen molar-refractivity contribution in [3.05, 3.63) is 89.5 Å². The van der Waals surface area contributed by atoms with Gasteiger partial charge in [-0.2, -0.15) is 0 Å². The predicted octanol–water partition coefficient (Wildman–Crippen LogP) is 4.27. The lowest BCUT2D eigenvalue weighted by molar-refractivity contribution is -0.119. The summed E-state index contributed by atoms with van der Waals surface area (Å²) < 4.78 is 16.0. The molecule has 1 aliphatic heterocycles. The number of carbonyl (C=O) groups excluding carboxylic acids is 2. The average molecular weight is 461 g/mol. The normalized spacial score (nSPS) is 17.1. The minimum atomic E-state index is -0.649. The van der Waals surface area contributed by atoms with Gasteiger partial charge in [-0.05, 0) is 41.5 Å². The monoisotopic (exact) mass is 460 g/mol. The van der Waals surface area contributed by atoms with Gasteiger partial charge in [0.2, 0.25) is 5.91 Å². The van der Waals surface area contributed by atoms with Crippen LogP contribution in [0.1, 0.15) is 33.4 Å². The summed E-state index contributed by atoms with van der Waals surface area (Å²) in [5.74, 6) is 0.295. The molecule has 1 N–H and O–H groups in total. The highest BCUT2D eigenvalue weighted by Crippen LogP contribution is 2.44. The van der Waals surface area contributed by atoms with E-state index < -0.39 is 12.0 Å². The summed E-state index contributed by atoms with van der Waals surface area (Å²) in [5.41, 5.74) is 2.63. The van der Waals surface area contributed by atoms with E-state index >= 15 is 0 Å². The topological polar surface area (TPSA) is 77.1 Å². The molecule has 0 radical (unpaired) electrons. The van der Waals surface area contributed by atoms with Crippen molar-refractivity contribution in [2.75, 3.05) is 39.8 Å². The van der Waals surface area contributed by atoms with E-state index in [0.29, 0.717) is 41.5 Å². The quantitative estimate of drug-likeness (QED) is 0.543. The van der Waals surface area contributed by atoms with Gasteiger partial charge in [0.15, 0.2) is 0 Å². The van der Waals surface area contributed by atoms with Crippen LogP contribution in [-0.4, -0.2) is 51.2 Å². The van der Waals surface area contributed by atoms with Crippen LogP contribution in [0.2, 0.25) is 0 Å². The third kappa shape index (κ3) is 4.61. The molecule has 34 heavy (non-hydrogen) atoms. The molecule has 2 amide bonds. The van der Waals surface area contributed by atoms with Crippen LogP contribution in [0.5, 0.6) is 11.5 Å². The van der Waals surface area contributed by atoms with Gasteiger partial charge < -0.3 is 24.4 Å². The van der Waals surface area contributed by atoms with Crippen molar-refractivity contribution in [1.82, 2.24) is 4.90 Å². The Labute approximate surface area is 199 Å². The van der Waals surface area contributed by atoms with Crippen LogP contribution in [0, 0.1) is 0 Å². The van der Waals surface area contributed by atoms with Gasteiger partial charge in [-0.25, -0.2) is 0 Å². The molecular weight excluding hydrogens is 432 g/mol. The fourth-order valence-electron chi connectivity index (χ4n) is 4.43. The van der Waals surface area contributed by atoms with E-state index in [9.17, 15) is 9.59 Å². The van der Waals surface area contributed by atoms with E-state index in [4.69, 9.17) is 14.2 Å². The van der Waals surface area contributed by atoms with E-state index in [-0.39, 0.29) is 11.8 Å². The van der Waals surface area contributed by atoms with Gasteiger partial charge in [0.05, 0.1) is 32.8 Å². The SMILES string of the molecule is COCCN1C(=O)c2ccccc2C(C(=O)Nc2cccc(OC)c2)C1c1cccc(OC)c1. The molecule has 176 valence electrons. The van der Waals surface area contributed by atoms with Crippen molar-refractivity contribution in [3.63, 3.8) is 0 Å². The molecule has 2 atom stereocenters. The number of nitrogens with zero attached hydrogens (tertiary/aromatic N) is 1. The van der Waals surface area contributed by atoms with Crippen molar-refractivity contribution >= 4 is 17.5 Å². The van der Waals surface area contributed by atoms with Crippen molar-refractivity contribution in [3.8, 4) is 11.5 Å². The summed E-state index contributed by atoms with van der Waals surface area (Å²) in [6.07, 6.45) is 0. The van der Waals surface area contributed by atoms with Crippen molar-refractivity contribution in [1.29, 1.82) is 0 Å². The first kappa shape index (κ1) is 23.3. The van der Waals surface area contributed by atoms with E-state index in [1.165, 1.54) is 0 Å². The highest BCUT2D eigenvalue weighted by molar-refractivity contribution is 6.04. The van der Waals surface area contributed by atoms with E-state index in [0.717, 1.165) is 5.56 Å². The molecule has 0 aliphatic carbocycles. The van der Waals surface area contributed by atoms with Crippen LogP contribution in [0.3, 0.4) is 0 Å². The van der Waals surface area contributed by atoms with E-state index in [2.05, 4.69) is 5.32 Å². The number of nitrogens with one attached hydrogen (secondary N) is 1. The van der Waals surface area contributed by atoms with E-state index in [1.807, 2.05) is 60.7 Å². The zero-order valence-corrected chi connectivity index (χ0v) is 19.5. The molecule has 3 aromatic rings. The van der Waals surface area contributed by atoms with Crippen LogP contribution in [-0.2, 0) is 9.53 Å². The minimum absolute atomic E-state index is 0.133. The Kier molecular flexibility index (Phi) is 7.13. The summed E-state index contributed by atoms with van der Waals surface area (Å²) in [5, 5.41) is 3.03. The van der Waals surface area contributed by atoms with Crippen LogP contribution in [0.15, 0.2) is 72.8 Å². The van der Waals surface area contributed by atoms with Gasteiger partial charge in [0.1, 0.15) is 11.5 Å². The Hall–Kier alpha value is -3.84. The highest BCUT2D eigenvalue weighted by atomic mass is 16.5. The summed E-state index contributed by atoms with van der Waals surface area (Å²) in [4.78, 5) is 29.1. The molecule has 7 nitrogen and oxygen atoms in total. The largest absolute Gasteiger partial charge is 0.497 e. The average Bonchev–Trinajstić information content (AvgIpc) is 2.88. The number of methoxy groups -OCH3 is 3. The standard InChI is InChI=1S/C27H28N2O5/c1-32-15-14-29-25(18-8-6-10-20(16-18)33-2)24(22-12-4-5-13-23(22)27(29)31)26(30)28-19-9-7-11-21(17-19)34-3/h4-13,16-17,24-25H,14-15H2,1-3H3,(H,28,30). The highest BCUT2D eigenvalue weighted by Gasteiger charge is 2.44. The number of hydrogen-bond donors (Lipinski definition) is 1. The Balaban J connectivity index is 1.83. The summed E-state index contributed by atoms with van der Waals surface area (Å²) in [7, 11) is 4.77. The van der Waals surface area contributed by atoms with Gasteiger partial charge in [0.25, 0.3) is 5.91 Å². The Morgan fingerprint density at radius 3 is 2.35 bits per heavy atom. The van der Waals surface area contributed by atoms with Gasteiger partial charge in [-0.3, -0.25) is 9.59 Å². The lowest BCUT2D eigenvalue weighted by Crippen LogP contribution is -2.47. The van der Waals surface area contributed by atoms with Crippen LogP contribution in [0.4, 0.5) is 5.69 Å². The maximum atomic E-state index is 13.8. The first-order valence-electron chi connectivity index (χ1n) is 11.0. The molecular formula is C27H28N2O5. The molecule has 0 fully saturated rings. The molecule has 4 rings (SSSR count). The fourth-order valence-corrected chi connectivity index (χ4v) is 4.43. The number of benzene rings is 3. The number of ether oxygens (including phenoxy) is 3. The van der Waals surface area contributed by atoms with Crippen molar-refractivity contribution in [2.24, 2.45) is 0 Å². The summed E-state index contributed by atoms with van der Waals surface area (Å²) >= 11 is 0. The van der Waals surface area contributed by atoms with Crippen molar-refractivity contribution in [2.45, 2.75) is 12.0 Å². The Bertz CT molecular complexity index is 1180. The van der Waals surface area contributed by atoms with Crippen LogP contribution < -0.4 is 14.8 Å². The predicted molar refractivity (Wildman–Crippen MR) is 129 cm³/mol. The number of anilines is 1. The van der Waals surface area contributed by atoms with Crippen molar-refractivity contribution < 1.29 is 23.8 Å². The maximum absolute atomic E-state index is 13.8. The lowest BCUT2D eigenvalue weighted by atomic mass is 9.79. The van der Waals surface area contributed by atoms with Gasteiger partial charge in [-0.15, -0.1) is 0 Å². The third-order valence-corrected chi connectivity index (χ3v) is 6.03. The van der Waals surface area contributed by atoms with Crippen LogP contribution >= 0.6 is 0 Å². The second kappa shape index (κ2) is 10.4. The van der Waals surface area contributed by atoms with Gasteiger partial charge in [-0.1, -0.05) is 36.4 Å². The number of amides is 2. The first-order valence-corrected chi connectivity index (χ1v) is 11.0. The molecule has 0 spiro atoms. The molecule has 2 unspecified atom stereocenters.